The second-order valence-corrected chi connectivity index (χ2v) is 3.49. The Kier molecular flexibility index (Phi) is 4.43. The second kappa shape index (κ2) is 4.55. The van der Waals surface area contributed by atoms with Crippen LogP contribution in [0.1, 0.15) is 47.0 Å². The lowest BCUT2D eigenvalue weighted by atomic mass is 9.95. The summed E-state index contributed by atoms with van der Waals surface area (Å²) in [5, 5.41) is 9.64. The summed E-state index contributed by atoms with van der Waals surface area (Å²) in [6.07, 6.45) is 4.83. The van der Waals surface area contributed by atoms with Gasteiger partial charge in [0.1, 0.15) is 0 Å². The molecule has 0 saturated carbocycles. The summed E-state index contributed by atoms with van der Waals surface area (Å²) in [4.78, 5) is 0. The van der Waals surface area contributed by atoms with Crippen LogP contribution in [0, 0.1) is 0 Å². The van der Waals surface area contributed by atoms with Gasteiger partial charge >= 0.3 is 0 Å². The molecule has 0 aliphatic heterocycles. The summed E-state index contributed by atoms with van der Waals surface area (Å²) in [5.41, 5.74) is 0.892. The van der Waals surface area contributed by atoms with E-state index in [4.69, 9.17) is 0 Å². The number of rotatable bonds is 4. The topological polar surface area (TPSA) is 20.2 Å². The highest BCUT2D eigenvalue weighted by Gasteiger charge is 2.16. The molecule has 1 N–H and O–H groups in total. The van der Waals surface area contributed by atoms with Gasteiger partial charge in [0.2, 0.25) is 0 Å². The molecule has 0 bridgehead atoms. The molecular weight excluding hydrogens is 136 g/mol. The first kappa shape index (κ1) is 10.7. The molecule has 11 heavy (non-hydrogen) atoms. The van der Waals surface area contributed by atoms with Crippen molar-refractivity contribution in [1.82, 2.24) is 0 Å². The van der Waals surface area contributed by atoms with E-state index in [0.717, 1.165) is 19.3 Å². The van der Waals surface area contributed by atoms with Crippen LogP contribution in [0.3, 0.4) is 0 Å². The Balaban J connectivity index is 3.70. The van der Waals surface area contributed by atoms with Crippen molar-refractivity contribution in [3.8, 4) is 0 Å². The predicted molar refractivity (Wildman–Crippen MR) is 49.6 cm³/mol. The molecule has 0 spiro atoms. The Labute approximate surface area is 70.1 Å². The third-order valence-electron chi connectivity index (χ3n) is 2.31. The molecular formula is C10H20O. The van der Waals surface area contributed by atoms with Crippen LogP contribution in [-0.2, 0) is 0 Å². The number of allylic oxidation sites excluding steroid dienone is 2. The summed E-state index contributed by atoms with van der Waals surface area (Å²) in [7, 11) is 0. The van der Waals surface area contributed by atoms with Crippen molar-refractivity contribution in [3.63, 3.8) is 0 Å². The van der Waals surface area contributed by atoms with Crippen LogP contribution in [0.2, 0.25) is 0 Å². The van der Waals surface area contributed by atoms with Crippen molar-refractivity contribution in [2.24, 2.45) is 0 Å². The molecule has 0 rings (SSSR count). The smallest absolute Gasteiger partial charge is 0.0620 e. The highest BCUT2D eigenvalue weighted by atomic mass is 16.3. The van der Waals surface area contributed by atoms with Crippen LogP contribution >= 0.6 is 0 Å². The molecule has 0 aliphatic rings. The van der Waals surface area contributed by atoms with Crippen LogP contribution in [0.25, 0.3) is 0 Å². The molecule has 0 saturated heterocycles. The fourth-order valence-electron chi connectivity index (χ4n) is 0.788. The van der Waals surface area contributed by atoms with Crippen molar-refractivity contribution >= 4 is 0 Å². The van der Waals surface area contributed by atoms with Crippen molar-refractivity contribution < 1.29 is 5.11 Å². The lowest BCUT2D eigenvalue weighted by Gasteiger charge is -2.20. The Morgan fingerprint density at radius 1 is 1.55 bits per heavy atom. The minimum atomic E-state index is -0.468. The normalized spacial score (nSPS) is 18.1. The maximum Gasteiger partial charge on any atom is 0.0620 e. The summed E-state index contributed by atoms with van der Waals surface area (Å²) in [5.74, 6) is 0. The fourth-order valence-corrected chi connectivity index (χ4v) is 0.788. The fraction of sp³-hybridized carbons (Fsp3) is 0.800. The summed E-state index contributed by atoms with van der Waals surface area (Å²) in [6, 6.07) is 0. The SMILES string of the molecule is C/C=C(\C)CC[C@@](C)(O)CC. The highest BCUT2D eigenvalue weighted by Crippen LogP contribution is 2.18. The van der Waals surface area contributed by atoms with E-state index in [1.165, 1.54) is 5.57 Å². The first-order valence-electron chi connectivity index (χ1n) is 4.36. The third-order valence-corrected chi connectivity index (χ3v) is 2.31. The molecule has 1 nitrogen and oxygen atoms in total. The van der Waals surface area contributed by atoms with Crippen molar-refractivity contribution in [2.45, 2.75) is 52.6 Å². The zero-order chi connectivity index (χ0) is 8.91. The molecule has 0 aromatic heterocycles. The molecule has 0 fully saturated rings. The molecule has 0 aliphatic carbocycles. The minimum absolute atomic E-state index is 0.468. The lowest BCUT2D eigenvalue weighted by molar-refractivity contribution is 0.0473. The molecule has 0 unspecified atom stereocenters. The monoisotopic (exact) mass is 156 g/mol. The van der Waals surface area contributed by atoms with Gasteiger partial charge in [-0.05, 0) is 40.0 Å². The van der Waals surface area contributed by atoms with Crippen LogP contribution < -0.4 is 0 Å². The van der Waals surface area contributed by atoms with E-state index >= 15 is 0 Å². The first-order valence-corrected chi connectivity index (χ1v) is 4.36. The summed E-state index contributed by atoms with van der Waals surface area (Å²) in [6.45, 7) is 8.06. The van der Waals surface area contributed by atoms with Gasteiger partial charge in [0.05, 0.1) is 5.60 Å². The first-order chi connectivity index (χ1) is 5.02. The van der Waals surface area contributed by atoms with E-state index in [1.807, 2.05) is 20.8 Å². The molecule has 1 heteroatoms. The predicted octanol–water partition coefficient (Wildman–Crippen LogP) is 2.89. The van der Waals surface area contributed by atoms with Gasteiger partial charge in [-0.3, -0.25) is 0 Å². The number of hydrogen-bond donors (Lipinski definition) is 1. The zero-order valence-electron chi connectivity index (χ0n) is 8.15. The number of hydrogen-bond acceptors (Lipinski definition) is 1. The average molecular weight is 156 g/mol. The standard InChI is InChI=1S/C10H20O/c1-5-9(3)7-8-10(4,11)6-2/h5,11H,6-8H2,1-4H3/b9-5+/t10-/m0/s1. The molecule has 1 atom stereocenters. The van der Waals surface area contributed by atoms with E-state index in [9.17, 15) is 5.11 Å². The van der Waals surface area contributed by atoms with Gasteiger partial charge in [0.25, 0.3) is 0 Å². The van der Waals surface area contributed by atoms with Crippen LogP contribution in [0.15, 0.2) is 11.6 Å². The van der Waals surface area contributed by atoms with Gasteiger partial charge in [-0.1, -0.05) is 18.6 Å². The van der Waals surface area contributed by atoms with Gasteiger partial charge in [0.15, 0.2) is 0 Å². The quantitative estimate of drug-likeness (QED) is 0.620. The molecule has 0 heterocycles. The van der Waals surface area contributed by atoms with Gasteiger partial charge in [-0.15, -0.1) is 0 Å². The summed E-state index contributed by atoms with van der Waals surface area (Å²) >= 11 is 0. The maximum atomic E-state index is 9.64. The molecule has 0 amide bonds. The third kappa shape index (κ3) is 5.02. The molecule has 0 radical (unpaired) electrons. The Morgan fingerprint density at radius 3 is 2.45 bits per heavy atom. The zero-order valence-corrected chi connectivity index (χ0v) is 8.15. The van der Waals surface area contributed by atoms with E-state index in [0.29, 0.717) is 0 Å². The van der Waals surface area contributed by atoms with Gasteiger partial charge in [0, 0.05) is 0 Å². The van der Waals surface area contributed by atoms with E-state index in [-0.39, 0.29) is 0 Å². The maximum absolute atomic E-state index is 9.64. The van der Waals surface area contributed by atoms with Crippen LogP contribution in [0.5, 0.6) is 0 Å². The minimum Gasteiger partial charge on any atom is -0.390 e. The van der Waals surface area contributed by atoms with Crippen LogP contribution in [-0.4, -0.2) is 10.7 Å². The molecule has 66 valence electrons. The van der Waals surface area contributed by atoms with Crippen LogP contribution in [0.4, 0.5) is 0 Å². The second-order valence-electron chi connectivity index (χ2n) is 3.49. The highest BCUT2D eigenvalue weighted by molar-refractivity contribution is 4.96. The lowest BCUT2D eigenvalue weighted by Crippen LogP contribution is -2.22. The van der Waals surface area contributed by atoms with E-state index in [1.54, 1.807) is 0 Å². The van der Waals surface area contributed by atoms with E-state index < -0.39 is 5.60 Å². The summed E-state index contributed by atoms with van der Waals surface area (Å²) < 4.78 is 0. The molecule has 0 aromatic rings. The van der Waals surface area contributed by atoms with Crippen molar-refractivity contribution in [2.75, 3.05) is 0 Å². The van der Waals surface area contributed by atoms with Gasteiger partial charge < -0.3 is 5.11 Å². The Hall–Kier alpha value is -0.300. The number of aliphatic hydroxyl groups is 1. The Morgan fingerprint density at radius 2 is 2.09 bits per heavy atom. The average Bonchev–Trinajstić information content (AvgIpc) is 2.00. The van der Waals surface area contributed by atoms with Crippen molar-refractivity contribution in [1.29, 1.82) is 0 Å². The van der Waals surface area contributed by atoms with Gasteiger partial charge in [-0.25, -0.2) is 0 Å². The van der Waals surface area contributed by atoms with E-state index in [2.05, 4.69) is 13.0 Å². The van der Waals surface area contributed by atoms with Gasteiger partial charge in [-0.2, -0.15) is 0 Å². The van der Waals surface area contributed by atoms with Crippen molar-refractivity contribution in [3.05, 3.63) is 11.6 Å². The Bertz CT molecular complexity index is 134. The largest absolute Gasteiger partial charge is 0.390 e. The molecule has 0 aromatic carbocycles.